The second-order valence-corrected chi connectivity index (χ2v) is 5.35. The average Bonchev–Trinajstić information content (AvgIpc) is 2.57. The maximum absolute atomic E-state index is 12.5. The van der Waals surface area contributed by atoms with Gasteiger partial charge in [0.05, 0.1) is 31.0 Å². The van der Waals surface area contributed by atoms with Crippen molar-refractivity contribution in [1.82, 2.24) is 9.55 Å². The molecule has 0 saturated heterocycles. The van der Waals surface area contributed by atoms with E-state index in [9.17, 15) is 9.59 Å². The van der Waals surface area contributed by atoms with E-state index in [0.29, 0.717) is 10.7 Å². The van der Waals surface area contributed by atoms with Crippen molar-refractivity contribution in [3.05, 3.63) is 57.5 Å². The molecule has 0 aliphatic heterocycles. The van der Waals surface area contributed by atoms with Crippen molar-refractivity contribution in [1.29, 1.82) is 5.26 Å². The fourth-order valence-electron chi connectivity index (χ4n) is 2.00. The summed E-state index contributed by atoms with van der Waals surface area (Å²) in [6.07, 6.45) is 3.06. The molecule has 0 saturated carbocycles. The maximum atomic E-state index is 12.5. The van der Waals surface area contributed by atoms with Gasteiger partial charge in [-0.2, -0.15) is 5.26 Å². The molecule has 2 rings (SSSR count). The van der Waals surface area contributed by atoms with Crippen LogP contribution in [0.1, 0.15) is 28.4 Å². The predicted octanol–water partition coefficient (Wildman–Crippen LogP) is 2.06. The van der Waals surface area contributed by atoms with Crippen molar-refractivity contribution in [3.8, 4) is 6.07 Å². The highest BCUT2D eigenvalue weighted by Gasteiger charge is 2.17. The Kier molecular flexibility index (Phi) is 5.55. The van der Waals surface area contributed by atoms with Gasteiger partial charge in [0.15, 0.2) is 5.16 Å². The largest absolute Gasteiger partial charge is 0.462 e. The first-order valence-electron chi connectivity index (χ1n) is 6.90. The first kappa shape index (κ1) is 16.8. The third-order valence-electron chi connectivity index (χ3n) is 3.11. The molecule has 2 aromatic rings. The molecule has 0 aliphatic rings. The first-order valence-corrected chi connectivity index (χ1v) is 8.13. The molecule has 0 aliphatic carbocycles. The molecule has 118 valence electrons. The number of thioether (sulfide) groups is 1. The number of hydrogen-bond donors (Lipinski definition) is 0. The molecule has 0 spiro atoms. The number of carbonyl (C=O) groups is 1. The lowest BCUT2D eigenvalue weighted by molar-refractivity contribution is 0.0522. The zero-order valence-electron chi connectivity index (χ0n) is 12.8. The molecule has 0 atom stereocenters. The number of nitrogens with zero attached hydrogens (tertiary/aromatic N) is 3. The van der Waals surface area contributed by atoms with E-state index in [2.05, 4.69) is 4.98 Å². The number of hydrogen-bond acceptors (Lipinski definition) is 6. The van der Waals surface area contributed by atoms with E-state index >= 15 is 0 Å². The molecule has 7 heteroatoms. The second-order valence-electron chi connectivity index (χ2n) is 4.58. The van der Waals surface area contributed by atoms with E-state index in [-0.39, 0.29) is 18.7 Å². The van der Waals surface area contributed by atoms with Gasteiger partial charge in [0, 0.05) is 0 Å². The molecule has 0 radical (unpaired) electrons. The summed E-state index contributed by atoms with van der Waals surface area (Å²) in [5.74, 6) is -0.675. The second kappa shape index (κ2) is 7.61. The average molecular weight is 329 g/mol. The molecule has 1 aromatic carbocycles. The van der Waals surface area contributed by atoms with Gasteiger partial charge in [-0.05, 0) is 30.9 Å². The zero-order chi connectivity index (χ0) is 16.8. The number of aromatic nitrogens is 2. The lowest BCUT2D eigenvalue weighted by Crippen LogP contribution is -2.29. The molecule has 1 aromatic heterocycles. The third kappa shape index (κ3) is 3.79. The first-order chi connectivity index (χ1) is 11.1. The zero-order valence-corrected chi connectivity index (χ0v) is 13.6. The Morgan fingerprint density at radius 3 is 2.65 bits per heavy atom. The van der Waals surface area contributed by atoms with Crippen LogP contribution in [0, 0.1) is 11.3 Å². The van der Waals surface area contributed by atoms with E-state index in [1.165, 1.54) is 22.5 Å². The summed E-state index contributed by atoms with van der Waals surface area (Å²) < 4.78 is 6.31. The summed E-state index contributed by atoms with van der Waals surface area (Å²) in [7, 11) is 0. The molecular weight excluding hydrogens is 314 g/mol. The highest BCUT2D eigenvalue weighted by atomic mass is 32.2. The fraction of sp³-hybridized carbons (Fsp3) is 0.250. The van der Waals surface area contributed by atoms with Crippen LogP contribution in [0.3, 0.4) is 0 Å². The van der Waals surface area contributed by atoms with Gasteiger partial charge in [-0.25, -0.2) is 9.78 Å². The predicted molar refractivity (Wildman–Crippen MR) is 86.5 cm³/mol. The number of rotatable bonds is 5. The van der Waals surface area contributed by atoms with Gasteiger partial charge in [0.1, 0.15) is 5.56 Å². The fourth-order valence-corrected chi connectivity index (χ4v) is 2.52. The molecule has 6 nitrogen and oxygen atoms in total. The Morgan fingerprint density at radius 2 is 2.09 bits per heavy atom. The van der Waals surface area contributed by atoms with Gasteiger partial charge < -0.3 is 4.74 Å². The maximum Gasteiger partial charge on any atom is 0.345 e. The van der Waals surface area contributed by atoms with Crippen LogP contribution in [0.25, 0.3) is 0 Å². The van der Waals surface area contributed by atoms with Gasteiger partial charge in [-0.15, -0.1) is 0 Å². The Bertz CT molecular complexity index is 807. The SMILES string of the molecule is CCOC(=O)c1cnc(SC)n(Cc2ccc(C#N)cc2)c1=O. The topological polar surface area (TPSA) is 85.0 Å². The van der Waals surface area contributed by atoms with E-state index in [0.717, 1.165) is 5.56 Å². The molecular formula is C16H15N3O3S. The molecule has 0 N–H and O–H groups in total. The lowest BCUT2D eigenvalue weighted by atomic mass is 10.1. The molecule has 1 heterocycles. The summed E-state index contributed by atoms with van der Waals surface area (Å²) in [6, 6.07) is 8.95. The number of nitriles is 1. The lowest BCUT2D eigenvalue weighted by Gasteiger charge is -2.12. The van der Waals surface area contributed by atoms with Crippen LogP contribution in [-0.4, -0.2) is 28.4 Å². The molecule has 0 amide bonds. The van der Waals surface area contributed by atoms with Crippen LogP contribution < -0.4 is 5.56 Å². The van der Waals surface area contributed by atoms with Crippen molar-refractivity contribution in [3.63, 3.8) is 0 Å². The minimum atomic E-state index is -0.675. The summed E-state index contributed by atoms with van der Waals surface area (Å²) in [4.78, 5) is 28.5. The molecule has 23 heavy (non-hydrogen) atoms. The van der Waals surface area contributed by atoms with Crippen molar-refractivity contribution in [2.75, 3.05) is 12.9 Å². The van der Waals surface area contributed by atoms with Crippen LogP contribution in [0.2, 0.25) is 0 Å². The Morgan fingerprint density at radius 1 is 1.39 bits per heavy atom. The van der Waals surface area contributed by atoms with Gasteiger partial charge in [-0.1, -0.05) is 23.9 Å². The Balaban J connectivity index is 2.42. The quantitative estimate of drug-likeness (QED) is 0.474. The van der Waals surface area contributed by atoms with Crippen LogP contribution in [0.15, 0.2) is 40.4 Å². The van der Waals surface area contributed by atoms with Crippen LogP contribution >= 0.6 is 11.8 Å². The van der Waals surface area contributed by atoms with E-state index < -0.39 is 11.5 Å². The van der Waals surface area contributed by atoms with Gasteiger partial charge in [0.25, 0.3) is 5.56 Å². The van der Waals surface area contributed by atoms with Crippen molar-refractivity contribution >= 4 is 17.7 Å². The van der Waals surface area contributed by atoms with Crippen molar-refractivity contribution < 1.29 is 9.53 Å². The smallest absolute Gasteiger partial charge is 0.345 e. The number of benzene rings is 1. The standard InChI is InChI=1S/C16H15N3O3S/c1-3-22-15(21)13-9-18-16(23-2)19(14(13)20)10-12-6-4-11(8-17)5-7-12/h4-7,9H,3,10H2,1-2H3. The van der Waals surface area contributed by atoms with E-state index in [1.54, 1.807) is 37.4 Å². The minimum Gasteiger partial charge on any atom is -0.462 e. The number of carbonyl (C=O) groups excluding carboxylic acids is 1. The molecule has 0 unspecified atom stereocenters. The molecule has 0 fully saturated rings. The summed E-state index contributed by atoms with van der Waals surface area (Å²) in [6.45, 7) is 2.13. The van der Waals surface area contributed by atoms with Crippen LogP contribution in [0.5, 0.6) is 0 Å². The van der Waals surface area contributed by atoms with Crippen molar-refractivity contribution in [2.24, 2.45) is 0 Å². The summed E-state index contributed by atoms with van der Waals surface area (Å²) in [5, 5.41) is 9.33. The van der Waals surface area contributed by atoms with Gasteiger partial charge in [0.2, 0.25) is 0 Å². The Hall–Kier alpha value is -2.59. The number of esters is 1. The minimum absolute atomic E-state index is 0.0849. The summed E-state index contributed by atoms with van der Waals surface area (Å²) >= 11 is 1.32. The van der Waals surface area contributed by atoms with Gasteiger partial charge in [-0.3, -0.25) is 9.36 Å². The number of ether oxygens (including phenoxy) is 1. The Labute approximate surface area is 137 Å². The third-order valence-corrected chi connectivity index (χ3v) is 3.80. The monoisotopic (exact) mass is 329 g/mol. The summed E-state index contributed by atoms with van der Waals surface area (Å²) in [5.41, 5.74) is 0.860. The highest BCUT2D eigenvalue weighted by molar-refractivity contribution is 7.98. The van der Waals surface area contributed by atoms with E-state index in [4.69, 9.17) is 10.00 Å². The van der Waals surface area contributed by atoms with Crippen LogP contribution in [-0.2, 0) is 11.3 Å². The van der Waals surface area contributed by atoms with Crippen LogP contribution in [0.4, 0.5) is 0 Å². The van der Waals surface area contributed by atoms with Crippen molar-refractivity contribution in [2.45, 2.75) is 18.6 Å². The normalized spacial score (nSPS) is 10.1. The highest BCUT2D eigenvalue weighted by Crippen LogP contribution is 2.13. The van der Waals surface area contributed by atoms with Gasteiger partial charge >= 0.3 is 5.97 Å². The van der Waals surface area contributed by atoms with E-state index in [1.807, 2.05) is 6.07 Å². The molecule has 0 bridgehead atoms.